The van der Waals surface area contributed by atoms with E-state index in [0.717, 1.165) is 5.56 Å². The molecule has 0 radical (unpaired) electrons. The Labute approximate surface area is 118 Å². The third-order valence-electron chi connectivity index (χ3n) is 3.14. The summed E-state index contributed by atoms with van der Waals surface area (Å²) in [7, 11) is 3.10. The van der Waals surface area contributed by atoms with Crippen molar-refractivity contribution in [3.8, 4) is 11.5 Å². The van der Waals surface area contributed by atoms with Gasteiger partial charge in [0.25, 0.3) is 0 Å². The first-order valence-electron chi connectivity index (χ1n) is 6.19. The van der Waals surface area contributed by atoms with Gasteiger partial charge < -0.3 is 15.2 Å². The van der Waals surface area contributed by atoms with Crippen molar-refractivity contribution in [3.63, 3.8) is 0 Å². The van der Waals surface area contributed by atoms with Crippen LogP contribution in [0.15, 0.2) is 36.4 Å². The minimum Gasteiger partial charge on any atom is -0.493 e. The van der Waals surface area contributed by atoms with E-state index in [4.69, 9.17) is 15.2 Å². The van der Waals surface area contributed by atoms with E-state index >= 15 is 0 Å². The lowest BCUT2D eigenvalue weighted by molar-refractivity contribution is 0.103. The van der Waals surface area contributed by atoms with Gasteiger partial charge in [0.05, 0.1) is 14.2 Å². The number of nitrogen functional groups attached to an aromatic ring is 1. The highest BCUT2D eigenvalue weighted by molar-refractivity contribution is 6.10. The quantitative estimate of drug-likeness (QED) is 0.686. The highest BCUT2D eigenvalue weighted by Crippen LogP contribution is 2.29. The molecule has 104 valence electrons. The van der Waals surface area contributed by atoms with Gasteiger partial charge in [0.15, 0.2) is 17.3 Å². The van der Waals surface area contributed by atoms with E-state index < -0.39 is 0 Å². The highest BCUT2D eigenvalue weighted by atomic mass is 16.5. The summed E-state index contributed by atoms with van der Waals surface area (Å²) in [6.07, 6.45) is 0. The molecule has 0 atom stereocenters. The predicted molar refractivity (Wildman–Crippen MR) is 78.6 cm³/mol. The molecule has 0 aliphatic carbocycles. The molecule has 0 unspecified atom stereocenters. The van der Waals surface area contributed by atoms with E-state index in [1.165, 1.54) is 0 Å². The predicted octanol–water partition coefficient (Wildman–Crippen LogP) is 2.83. The lowest BCUT2D eigenvalue weighted by atomic mass is 9.98. The summed E-state index contributed by atoms with van der Waals surface area (Å²) in [5.41, 5.74) is 8.38. The number of methoxy groups -OCH3 is 2. The molecule has 4 heteroatoms. The number of ketones is 1. The van der Waals surface area contributed by atoms with Crippen LogP contribution in [0.5, 0.6) is 11.5 Å². The summed E-state index contributed by atoms with van der Waals surface area (Å²) < 4.78 is 10.4. The second-order valence-corrected chi connectivity index (χ2v) is 4.47. The third kappa shape index (κ3) is 2.59. The Kier molecular flexibility index (Phi) is 3.94. The first kappa shape index (κ1) is 13.9. The van der Waals surface area contributed by atoms with Gasteiger partial charge in [-0.25, -0.2) is 0 Å². The van der Waals surface area contributed by atoms with Gasteiger partial charge in [-0.2, -0.15) is 0 Å². The normalized spacial score (nSPS) is 10.2. The van der Waals surface area contributed by atoms with Crippen LogP contribution < -0.4 is 15.2 Å². The monoisotopic (exact) mass is 271 g/mol. The van der Waals surface area contributed by atoms with E-state index in [0.29, 0.717) is 28.3 Å². The Morgan fingerprint density at radius 3 is 2.30 bits per heavy atom. The van der Waals surface area contributed by atoms with Crippen molar-refractivity contribution in [2.24, 2.45) is 0 Å². The molecule has 20 heavy (non-hydrogen) atoms. The molecule has 0 heterocycles. The summed E-state index contributed by atoms with van der Waals surface area (Å²) in [6, 6.07) is 10.4. The molecule has 2 aromatic carbocycles. The number of carbonyl (C=O) groups is 1. The van der Waals surface area contributed by atoms with Crippen molar-refractivity contribution in [1.82, 2.24) is 0 Å². The van der Waals surface area contributed by atoms with Crippen LogP contribution in [-0.2, 0) is 0 Å². The van der Waals surface area contributed by atoms with Gasteiger partial charge in [-0.15, -0.1) is 0 Å². The van der Waals surface area contributed by atoms with Crippen molar-refractivity contribution in [3.05, 3.63) is 53.1 Å². The van der Waals surface area contributed by atoms with Crippen molar-refractivity contribution in [2.75, 3.05) is 20.0 Å². The zero-order chi connectivity index (χ0) is 14.7. The Balaban J connectivity index is 2.43. The molecule has 0 saturated heterocycles. The molecule has 4 nitrogen and oxygen atoms in total. The molecule has 0 spiro atoms. The summed E-state index contributed by atoms with van der Waals surface area (Å²) >= 11 is 0. The van der Waals surface area contributed by atoms with Crippen LogP contribution >= 0.6 is 0 Å². The minimum absolute atomic E-state index is 0.0662. The number of hydrogen-bond acceptors (Lipinski definition) is 4. The third-order valence-corrected chi connectivity index (χ3v) is 3.14. The standard InChI is InChI=1S/C16H17NO3/c1-10-8-12(17)5-6-13(10)16(18)11-4-7-14(19-2)15(9-11)20-3/h4-9H,17H2,1-3H3. The van der Waals surface area contributed by atoms with Crippen molar-refractivity contribution in [2.45, 2.75) is 6.92 Å². The van der Waals surface area contributed by atoms with E-state index in [-0.39, 0.29) is 5.78 Å². The van der Waals surface area contributed by atoms with Crippen LogP contribution in [0.4, 0.5) is 5.69 Å². The molecule has 2 aromatic rings. The lowest BCUT2D eigenvalue weighted by Gasteiger charge is -2.10. The number of aryl methyl sites for hydroxylation is 1. The van der Waals surface area contributed by atoms with Gasteiger partial charge >= 0.3 is 0 Å². The number of nitrogens with two attached hydrogens (primary N) is 1. The van der Waals surface area contributed by atoms with Gasteiger partial charge in [0, 0.05) is 16.8 Å². The van der Waals surface area contributed by atoms with Crippen LogP contribution in [0.2, 0.25) is 0 Å². The first-order valence-corrected chi connectivity index (χ1v) is 6.19. The summed E-state index contributed by atoms with van der Waals surface area (Å²) in [6.45, 7) is 1.87. The molecule has 0 aliphatic heterocycles. The van der Waals surface area contributed by atoms with E-state index in [9.17, 15) is 4.79 Å². The molecule has 0 amide bonds. The van der Waals surface area contributed by atoms with Crippen molar-refractivity contribution >= 4 is 11.5 Å². The first-order chi connectivity index (χ1) is 9.56. The van der Waals surface area contributed by atoms with Crippen LogP contribution in [0, 0.1) is 6.92 Å². The van der Waals surface area contributed by atoms with Gasteiger partial charge in [-0.1, -0.05) is 0 Å². The Bertz CT molecular complexity index is 650. The summed E-state index contributed by atoms with van der Waals surface area (Å²) in [5.74, 6) is 1.06. The largest absolute Gasteiger partial charge is 0.493 e. The molecular weight excluding hydrogens is 254 g/mol. The maximum Gasteiger partial charge on any atom is 0.193 e. The molecule has 2 rings (SSSR count). The number of rotatable bonds is 4. The molecule has 0 aliphatic rings. The number of benzene rings is 2. The average molecular weight is 271 g/mol. The van der Waals surface area contributed by atoms with Crippen LogP contribution in [-0.4, -0.2) is 20.0 Å². The highest BCUT2D eigenvalue weighted by Gasteiger charge is 2.14. The second-order valence-electron chi connectivity index (χ2n) is 4.47. The van der Waals surface area contributed by atoms with E-state index in [1.54, 1.807) is 50.6 Å². The van der Waals surface area contributed by atoms with Crippen molar-refractivity contribution in [1.29, 1.82) is 0 Å². The van der Waals surface area contributed by atoms with Gasteiger partial charge in [-0.05, 0) is 48.9 Å². The van der Waals surface area contributed by atoms with E-state index in [1.807, 2.05) is 6.92 Å². The fourth-order valence-electron chi connectivity index (χ4n) is 2.07. The van der Waals surface area contributed by atoms with Gasteiger partial charge in [0.1, 0.15) is 0 Å². The number of ether oxygens (including phenoxy) is 2. The van der Waals surface area contributed by atoms with Gasteiger partial charge in [-0.3, -0.25) is 4.79 Å². The van der Waals surface area contributed by atoms with Crippen LogP contribution in [0.1, 0.15) is 21.5 Å². The molecule has 0 fully saturated rings. The minimum atomic E-state index is -0.0662. The second kappa shape index (κ2) is 5.65. The maximum absolute atomic E-state index is 12.5. The van der Waals surface area contributed by atoms with Crippen LogP contribution in [0.25, 0.3) is 0 Å². The smallest absolute Gasteiger partial charge is 0.193 e. The van der Waals surface area contributed by atoms with Crippen LogP contribution in [0.3, 0.4) is 0 Å². The summed E-state index contributed by atoms with van der Waals surface area (Å²) in [4.78, 5) is 12.5. The molecule has 2 N–H and O–H groups in total. The number of hydrogen-bond donors (Lipinski definition) is 1. The molecular formula is C16H17NO3. The average Bonchev–Trinajstić information content (AvgIpc) is 2.45. The topological polar surface area (TPSA) is 61.5 Å². The molecule has 0 saturated carbocycles. The Hall–Kier alpha value is -2.49. The Morgan fingerprint density at radius 2 is 1.70 bits per heavy atom. The molecule has 0 bridgehead atoms. The Morgan fingerprint density at radius 1 is 1.00 bits per heavy atom. The molecule has 0 aromatic heterocycles. The maximum atomic E-state index is 12.5. The SMILES string of the molecule is COc1ccc(C(=O)c2ccc(N)cc2C)cc1OC. The summed E-state index contributed by atoms with van der Waals surface area (Å²) in [5, 5.41) is 0. The van der Waals surface area contributed by atoms with Gasteiger partial charge in [0.2, 0.25) is 0 Å². The fraction of sp³-hybridized carbons (Fsp3) is 0.188. The zero-order valence-electron chi connectivity index (χ0n) is 11.8. The zero-order valence-corrected chi connectivity index (χ0v) is 11.8. The van der Waals surface area contributed by atoms with Crippen molar-refractivity contribution < 1.29 is 14.3 Å². The van der Waals surface area contributed by atoms with E-state index in [2.05, 4.69) is 0 Å². The fourth-order valence-corrected chi connectivity index (χ4v) is 2.07. The number of anilines is 1. The lowest BCUT2D eigenvalue weighted by Crippen LogP contribution is -2.05. The number of carbonyl (C=O) groups excluding carboxylic acids is 1.